The number of nitrogens with zero attached hydrogens (tertiary/aromatic N) is 6. The molecular weight excluding hydrogens is 335 g/mol. The Morgan fingerprint density at radius 2 is 1.52 bits per heavy atom. The fraction of sp³-hybridized carbons (Fsp3) is 0.467. The first kappa shape index (κ1) is 17.2. The fourth-order valence-electron chi connectivity index (χ4n) is 2.55. The van der Waals surface area contributed by atoms with Gasteiger partial charge in [0.1, 0.15) is 11.5 Å². The van der Waals surface area contributed by atoms with Crippen molar-refractivity contribution in [2.75, 3.05) is 47.8 Å². The van der Waals surface area contributed by atoms with Crippen molar-refractivity contribution in [3.8, 4) is 0 Å². The van der Waals surface area contributed by atoms with E-state index in [0.29, 0.717) is 32.1 Å². The minimum Gasteiger partial charge on any atom is -0.370 e. The SMILES string of the molecule is CCNc1ccnc(N2CCN(c3nccc(C(F)(F)F)n3)CC2)n1. The molecular formula is C15H18F3N7. The lowest BCUT2D eigenvalue weighted by atomic mass is 10.3. The topological polar surface area (TPSA) is 70.1 Å². The summed E-state index contributed by atoms with van der Waals surface area (Å²) in [7, 11) is 0. The number of hydrogen-bond acceptors (Lipinski definition) is 7. The molecule has 134 valence electrons. The summed E-state index contributed by atoms with van der Waals surface area (Å²) in [6.45, 7) is 4.89. The highest BCUT2D eigenvalue weighted by molar-refractivity contribution is 5.43. The smallest absolute Gasteiger partial charge is 0.370 e. The third-order valence-corrected chi connectivity index (χ3v) is 3.78. The zero-order valence-corrected chi connectivity index (χ0v) is 13.7. The predicted molar refractivity (Wildman–Crippen MR) is 87.7 cm³/mol. The molecule has 0 unspecified atom stereocenters. The van der Waals surface area contributed by atoms with Gasteiger partial charge in [-0.25, -0.2) is 15.0 Å². The summed E-state index contributed by atoms with van der Waals surface area (Å²) in [6, 6.07) is 2.67. The van der Waals surface area contributed by atoms with Gasteiger partial charge in [-0.1, -0.05) is 0 Å². The van der Waals surface area contributed by atoms with Gasteiger partial charge in [0.25, 0.3) is 0 Å². The summed E-state index contributed by atoms with van der Waals surface area (Å²) >= 11 is 0. The average Bonchev–Trinajstić information content (AvgIpc) is 2.62. The molecule has 3 heterocycles. The molecule has 0 spiro atoms. The van der Waals surface area contributed by atoms with Gasteiger partial charge in [0, 0.05) is 45.1 Å². The van der Waals surface area contributed by atoms with Crippen LogP contribution < -0.4 is 15.1 Å². The lowest BCUT2D eigenvalue weighted by Gasteiger charge is -2.34. The number of alkyl halides is 3. The first-order valence-electron chi connectivity index (χ1n) is 7.94. The van der Waals surface area contributed by atoms with Crippen LogP contribution in [0.5, 0.6) is 0 Å². The van der Waals surface area contributed by atoms with Gasteiger partial charge < -0.3 is 15.1 Å². The predicted octanol–water partition coefficient (Wildman–Crippen LogP) is 2.04. The molecule has 2 aromatic heterocycles. The zero-order chi connectivity index (χ0) is 17.9. The number of piperazine rings is 1. The highest BCUT2D eigenvalue weighted by Crippen LogP contribution is 2.28. The maximum atomic E-state index is 12.8. The second kappa shape index (κ2) is 7.08. The van der Waals surface area contributed by atoms with E-state index in [1.807, 2.05) is 11.8 Å². The van der Waals surface area contributed by atoms with Crippen molar-refractivity contribution < 1.29 is 13.2 Å². The molecule has 0 radical (unpaired) electrons. The number of hydrogen-bond donors (Lipinski definition) is 1. The van der Waals surface area contributed by atoms with Gasteiger partial charge in [-0.2, -0.15) is 18.2 Å². The monoisotopic (exact) mass is 353 g/mol. The highest BCUT2D eigenvalue weighted by atomic mass is 19.4. The van der Waals surface area contributed by atoms with Crippen molar-refractivity contribution >= 4 is 17.7 Å². The lowest BCUT2D eigenvalue weighted by molar-refractivity contribution is -0.141. The molecule has 2 aromatic rings. The van der Waals surface area contributed by atoms with Crippen molar-refractivity contribution in [1.82, 2.24) is 19.9 Å². The molecule has 0 atom stereocenters. The van der Waals surface area contributed by atoms with Crippen LogP contribution in [0.3, 0.4) is 0 Å². The second-order valence-electron chi connectivity index (χ2n) is 5.49. The van der Waals surface area contributed by atoms with Crippen LogP contribution >= 0.6 is 0 Å². The van der Waals surface area contributed by atoms with Crippen LogP contribution in [0.15, 0.2) is 24.5 Å². The minimum absolute atomic E-state index is 0.0943. The number of rotatable bonds is 4. The van der Waals surface area contributed by atoms with E-state index in [1.54, 1.807) is 17.2 Å². The third kappa shape index (κ3) is 4.06. The van der Waals surface area contributed by atoms with E-state index in [0.717, 1.165) is 24.6 Å². The Kier molecular flexibility index (Phi) is 4.86. The number of anilines is 3. The van der Waals surface area contributed by atoms with E-state index >= 15 is 0 Å². The van der Waals surface area contributed by atoms with E-state index in [4.69, 9.17) is 0 Å². The van der Waals surface area contributed by atoms with E-state index in [9.17, 15) is 13.2 Å². The quantitative estimate of drug-likeness (QED) is 0.902. The van der Waals surface area contributed by atoms with Crippen LogP contribution in [0.1, 0.15) is 12.6 Å². The Bertz CT molecular complexity index is 714. The van der Waals surface area contributed by atoms with Gasteiger partial charge in [-0.3, -0.25) is 0 Å². The van der Waals surface area contributed by atoms with Crippen molar-refractivity contribution in [3.05, 3.63) is 30.2 Å². The largest absolute Gasteiger partial charge is 0.433 e. The summed E-state index contributed by atoms with van der Waals surface area (Å²) in [5.74, 6) is 1.44. The summed E-state index contributed by atoms with van der Waals surface area (Å²) in [6.07, 6.45) is -1.65. The van der Waals surface area contributed by atoms with Gasteiger partial charge in [0.05, 0.1) is 0 Å². The van der Waals surface area contributed by atoms with Gasteiger partial charge in [-0.15, -0.1) is 0 Å². The Hall–Kier alpha value is -2.65. The second-order valence-corrected chi connectivity index (χ2v) is 5.49. The molecule has 0 amide bonds. The Morgan fingerprint density at radius 3 is 2.08 bits per heavy atom. The fourth-order valence-corrected chi connectivity index (χ4v) is 2.55. The van der Waals surface area contributed by atoms with Gasteiger partial charge in [0.15, 0.2) is 0 Å². The molecule has 0 saturated carbocycles. The van der Waals surface area contributed by atoms with Crippen molar-refractivity contribution in [3.63, 3.8) is 0 Å². The molecule has 0 bridgehead atoms. The van der Waals surface area contributed by atoms with Crippen LogP contribution in [-0.4, -0.2) is 52.7 Å². The van der Waals surface area contributed by atoms with Crippen molar-refractivity contribution in [1.29, 1.82) is 0 Å². The van der Waals surface area contributed by atoms with Crippen molar-refractivity contribution in [2.24, 2.45) is 0 Å². The molecule has 1 fully saturated rings. The summed E-state index contributed by atoms with van der Waals surface area (Å²) in [4.78, 5) is 20.0. The molecule has 1 aliphatic heterocycles. The molecule has 1 N–H and O–H groups in total. The molecule has 3 rings (SSSR count). The van der Waals surface area contributed by atoms with Gasteiger partial charge >= 0.3 is 6.18 Å². The molecule has 1 aliphatic rings. The number of nitrogens with one attached hydrogen (secondary N) is 1. The van der Waals surface area contributed by atoms with E-state index in [-0.39, 0.29) is 5.95 Å². The third-order valence-electron chi connectivity index (χ3n) is 3.78. The summed E-state index contributed by atoms with van der Waals surface area (Å²) in [5.41, 5.74) is -0.929. The molecule has 10 heteroatoms. The maximum Gasteiger partial charge on any atom is 0.433 e. The van der Waals surface area contributed by atoms with Crippen LogP contribution in [0.25, 0.3) is 0 Å². The van der Waals surface area contributed by atoms with E-state index < -0.39 is 11.9 Å². The minimum atomic E-state index is -4.47. The van der Waals surface area contributed by atoms with Crippen LogP contribution in [0.2, 0.25) is 0 Å². The normalized spacial score (nSPS) is 15.4. The van der Waals surface area contributed by atoms with Gasteiger partial charge in [0.2, 0.25) is 11.9 Å². The highest BCUT2D eigenvalue weighted by Gasteiger charge is 2.33. The summed E-state index contributed by atoms with van der Waals surface area (Å²) < 4.78 is 38.3. The maximum absolute atomic E-state index is 12.8. The molecule has 1 saturated heterocycles. The van der Waals surface area contributed by atoms with Crippen LogP contribution in [0.4, 0.5) is 30.9 Å². The Morgan fingerprint density at radius 1 is 0.960 bits per heavy atom. The number of halogens is 3. The first-order valence-corrected chi connectivity index (χ1v) is 7.94. The van der Waals surface area contributed by atoms with E-state index in [2.05, 4.69) is 25.3 Å². The van der Waals surface area contributed by atoms with E-state index in [1.165, 1.54) is 0 Å². The molecule has 7 nitrogen and oxygen atoms in total. The molecule has 0 aromatic carbocycles. The lowest BCUT2D eigenvalue weighted by Crippen LogP contribution is -2.47. The van der Waals surface area contributed by atoms with Crippen LogP contribution in [-0.2, 0) is 6.18 Å². The number of aromatic nitrogens is 4. The van der Waals surface area contributed by atoms with Crippen molar-refractivity contribution in [2.45, 2.75) is 13.1 Å². The molecule has 0 aliphatic carbocycles. The molecule has 25 heavy (non-hydrogen) atoms. The average molecular weight is 353 g/mol. The summed E-state index contributed by atoms with van der Waals surface area (Å²) in [5, 5.41) is 3.13. The Balaban J connectivity index is 1.67. The first-order chi connectivity index (χ1) is 12.0. The van der Waals surface area contributed by atoms with Crippen LogP contribution in [0, 0.1) is 0 Å². The Labute approximate surface area is 142 Å². The van der Waals surface area contributed by atoms with Gasteiger partial charge in [-0.05, 0) is 19.1 Å². The zero-order valence-electron chi connectivity index (χ0n) is 13.7. The standard InChI is InChI=1S/C15H18F3N7/c1-2-19-12-4-6-21-14(23-12)25-9-7-24(8-10-25)13-20-5-3-11(22-13)15(16,17)18/h3-6H,2,7-10H2,1H3,(H,19,21,23).